The zero-order valence-corrected chi connectivity index (χ0v) is 13.3. The molecule has 0 spiro atoms. The number of aryl methyl sites for hydroxylation is 2. The third-order valence-corrected chi connectivity index (χ3v) is 4.58. The lowest BCUT2D eigenvalue weighted by atomic mass is 10.3. The van der Waals surface area contributed by atoms with Gasteiger partial charge in [0.2, 0.25) is 10.0 Å². The Morgan fingerprint density at radius 3 is 2.82 bits per heavy atom. The molecule has 2 N–H and O–H groups in total. The van der Waals surface area contributed by atoms with Gasteiger partial charge in [0.1, 0.15) is 10.6 Å². The fourth-order valence-corrected chi connectivity index (χ4v) is 2.79. The van der Waals surface area contributed by atoms with Crippen molar-refractivity contribution < 1.29 is 13.2 Å². The first-order valence-corrected chi connectivity index (χ1v) is 8.28. The van der Waals surface area contributed by atoms with Gasteiger partial charge in [-0.15, -0.1) is 0 Å². The minimum absolute atomic E-state index is 0.0687. The molecule has 120 valence electrons. The van der Waals surface area contributed by atoms with Crippen molar-refractivity contribution in [1.29, 1.82) is 0 Å². The molecule has 0 aliphatic heterocycles. The summed E-state index contributed by atoms with van der Waals surface area (Å²) in [6.07, 6.45) is 5.70. The summed E-state index contributed by atoms with van der Waals surface area (Å²) in [7, 11) is -0.588. The quantitative estimate of drug-likeness (QED) is 0.697. The molecule has 0 aliphatic rings. The van der Waals surface area contributed by atoms with Gasteiger partial charge in [0.05, 0.1) is 0 Å². The number of aromatic nitrogens is 3. The van der Waals surface area contributed by atoms with Crippen molar-refractivity contribution in [2.45, 2.75) is 17.9 Å². The summed E-state index contributed by atoms with van der Waals surface area (Å²) >= 11 is 0. The number of nitrogens with one attached hydrogen (secondary N) is 2. The molecule has 0 aromatic carbocycles. The molecule has 0 radical (unpaired) electrons. The summed E-state index contributed by atoms with van der Waals surface area (Å²) in [6.45, 7) is 1.19. The summed E-state index contributed by atoms with van der Waals surface area (Å²) in [5.41, 5.74) is 0.299. The Kier molecular flexibility index (Phi) is 4.99. The summed E-state index contributed by atoms with van der Waals surface area (Å²) in [6, 6.07) is 3.20. The Labute approximate surface area is 129 Å². The maximum atomic E-state index is 12.1. The van der Waals surface area contributed by atoms with Crippen molar-refractivity contribution in [2.24, 2.45) is 7.05 Å². The van der Waals surface area contributed by atoms with Crippen molar-refractivity contribution in [3.8, 4) is 0 Å². The van der Waals surface area contributed by atoms with Gasteiger partial charge in [-0.1, -0.05) is 0 Å². The standard InChI is InChI=1S/C13H19N5O3S/c1-14-22(20,21)11-9-12(17(2)10-11)13(19)15-5-3-7-18-8-4-6-16-18/h4,6,8-10,14H,3,5,7H2,1-2H3,(H,15,19). The third-order valence-electron chi connectivity index (χ3n) is 3.20. The lowest BCUT2D eigenvalue weighted by Crippen LogP contribution is -2.27. The molecule has 2 aromatic rings. The van der Waals surface area contributed by atoms with Gasteiger partial charge in [-0.05, 0) is 25.6 Å². The van der Waals surface area contributed by atoms with Crippen molar-refractivity contribution in [1.82, 2.24) is 24.4 Å². The van der Waals surface area contributed by atoms with Gasteiger partial charge in [-0.3, -0.25) is 9.48 Å². The van der Waals surface area contributed by atoms with Crippen LogP contribution in [0.5, 0.6) is 0 Å². The normalized spacial score (nSPS) is 11.5. The first kappa shape index (κ1) is 16.2. The highest BCUT2D eigenvalue weighted by atomic mass is 32.2. The molecule has 1 amide bonds. The fourth-order valence-electron chi connectivity index (χ4n) is 1.99. The van der Waals surface area contributed by atoms with Crippen LogP contribution in [-0.4, -0.2) is 42.3 Å². The number of hydrogen-bond acceptors (Lipinski definition) is 4. The SMILES string of the molecule is CNS(=O)(=O)c1cc(C(=O)NCCCn2cccn2)n(C)c1. The average Bonchev–Trinajstić information content (AvgIpc) is 3.13. The molecule has 9 heteroatoms. The molecule has 0 atom stereocenters. The number of carbonyl (C=O) groups is 1. The van der Waals surface area contributed by atoms with Crippen LogP contribution in [0.3, 0.4) is 0 Å². The van der Waals surface area contributed by atoms with Gasteiger partial charge in [0, 0.05) is 38.7 Å². The smallest absolute Gasteiger partial charge is 0.267 e. The van der Waals surface area contributed by atoms with Crippen LogP contribution in [0.15, 0.2) is 35.6 Å². The maximum Gasteiger partial charge on any atom is 0.267 e. The predicted octanol–water partition coefficient (Wildman–Crippen LogP) is -0.0502. The third kappa shape index (κ3) is 3.74. The van der Waals surface area contributed by atoms with E-state index >= 15 is 0 Å². The number of hydrogen-bond donors (Lipinski definition) is 2. The van der Waals surface area contributed by atoms with Crippen LogP contribution < -0.4 is 10.0 Å². The molecule has 2 aromatic heterocycles. The van der Waals surface area contributed by atoms with Crippen LogP contribution in [0.4, 0.5) is 0 Å². The van der Waals surface area contributed by atoms with Crippen molar-refractivity contribution in [3.63, 3.8) is 0 Å². The van der Waals surface area contributed by atoms with E-state index in [1.807, 2.05) is 12.3 Å². The van der Waals surface area contributed by atoms with Gasteiger partial charge < -0.3 is 9.88 Å². The molecule has 22 heavy (non-hydrogen) atoms. The number of nitrogens with zero attached hydrogens (tertiary/aromatic N) is 3. The molecule has 0 saturated carbocycles. The van der Waals surface area contributed by atoms with E-state index in [1.54, 1.807) is 17.9 Å². The number of amides is 1. The number of rotatable bonds is 7. The second kappa shape index (κ2) is 6.75. The molecule has 0 bridgehead atoms. The van der Waals surface area contributed by atoms with Gasteiger partial charge in [0.25, 0.3) is 5.91 Å². The highest BCUT2D eigenvalue weighted by Gasteiger charge is 2.18. The Morgan fingerprint density at radius 2 is 2.18 bits per heavy atom. The zero-order valence-electron chi connectivity index (χ0n) is 12.5. The van der Waals surface area contributed by atoms with Crippen LogP contribution in [0.2, 0.25) is 0 Å². The fraction of sp³-hybridized carbons (Fsp3) is 0.385. The van der Waals surface area contributed by atoms with Crippen LogP contribution in [0, 0.1) is 0 Å². The second-order valence-electron chi connectivity index (χ2n) is 4.76. The topological polar surface area (TPSA) is 98.0 Å². The molecule has 8 nitrogen and oxygen atoms in total. The zero-order chi connectivity index (χ0) is 16.2. The van der Waals surface area contributed by atoms with Crippen molar-refractivity contribution in [2.75, 3.05) is 13.6 Å². The Hall–Kier alpha value is -2.13. The molecule has 0 unspecified atom stereocenters. The van der Waals surface area contributed by atoms with Crippen LogP contribution >= 0.6 is 0 Å². The summed E-state index contributed by atoms with van der Waals surface area (Å²) in [4.78, 5) is 12.2. The van der Waals surface area contributed by atoms with Gasteiger partial charge in [0.15, 0.2) is 0 Å². The van der Waals surface area contributed by atoms with Crippen LogP contribution in [0.25, 0.3) is 0 Å². The van der Waals surface area contributed by atoms with E-state index in [0.717, 1.165) is 6.42 Å². The molecular formula is C13H19N5O3S. The molecule has 0 fully saturated rings. The number of carbonyl (C=O) groups excluding carboxylic acids is 1. The largest absolute Gasteiger partial charge is 0.351 e. The number of sulfonamides is 1. The monoisotopic (exact) mass is 325 g/mol. The minimum Gasteiger partial charge on any atom is -0.351 e. The van der Waals surface area contributed by atoms with E-state index in [2.05, 4.69) is 15.1 Å². The van der Waals surface area contributed by atoms with E-state index in [-0.39, 0.29) is 10.8 Å². The lowest BCUT2D eigenvalue weighted by Gasteiger charge is -2.06. The Morgan fingerprint density at radius 1 is 1.41 bits per heavy atom. The first-order chi connectivity index (χ1) is 10.4. The lowest BCUT2D eigenvalue weighted by molar-refractivity contribution is 0.0944. The second-order valence-corrected chi connectivity index (χ2v) is 6.64. The van der Waals surface area contributed by atoms with E-state index < -0.39 is 10.0 Å². The molecule has 0 aliphatic carbocycles. The Balaban J connectivity index is 1.92. The summed E-state index contributed by atoms with van der Waals surface area (Å²) < 4.78 is 28.9. The van der Waals surface area contributed by atoms with E-state index in [1.165, 1.54) is 23.9 Å². The molecular weight excluding hydrogens is 306 g/mol. The van der Waals surface area contributed by atoms with Crippen molar-refractivity contribution >= 4 is 15.9 Å². The first-order valence-electron chi connectivity index (χ1n) is 6.79. The molecule has 0 saturated heterocycles. The van der Waals surface area contributed by atoms with Gasteiger partial charge in [-0.2, -0.15) is 5.10 Å². The van der Waals surface area contributed by atoms with Crippen LogP contribution in [-0.2, 0) is 23.6 Å². The maximum absolute atomic E-state index is 12.1. The van der Waals surface area contributed by atoms with E-state index in [9.17, 15) is 13.2 Å². The van der Waals surface area contributed by atoms with Crippen molar-refractivity contribution in [3.05, 3.63) is 36.4 Å². The van der Waals surface area contributed by atoms with E-state index in [4.69, 9.17) is 0 Å². The Bertz CT molecular complexity index is 734. The van der Waals surface area contributed by atoms with Crippen LogP contribution in [0.1, 0.15) is 16.9 Å². The summed E-state index contributed by atoms with van der Waals surface area (Å²) in [5.74, 6) is -0.305. The highest BCUT2D eigenvalue weighted by molar-refractivity contribution is 7.89. The van der Waals surface area contributed by atoms with E-state index in [0.29, 0.717) is 18.8 Å². The summed E-state index contributed by atoms with van der Waals surface area (Å²) in [5, 5.41) is 6.84. The highest BCUT2D eigenvalue weighted by Crippen LogP contribution is 2.12. The minimum atomic E-state index is -3.55. The predicted molar refractivity (Wildman–Crippen MR) is 80.8 cm³/mol. The average molecular weight is 325 g/mol. The van der Waals surface area contributed by atoms with Gasteiger partial charge in [-0.25, -0.2) is 13.1 Å². The molecule has 2 heterocycles. The molecule has 2 rings (SSSR count). The van der Waals surface area contributed by atoms with Gasteiger partial charge >= 0.3 is 0 Å².